The molecule has 1 amide bonds. The molecule has 1 heterocycles. The molecule has 0 saturated carbocycles. The number of rotatable bonds is 6. The third kappa shape index (κ3) is 5.38. The molecule has 1 aliphatic heterocycles. The highest BCUT2D eigenvalue weighted by molar-refractivity contribution is 5.76. The van der Waals surface area contributed by atoms with Crippen molar-refractivity contribution in [2.75, 3.05) is 19.6 Å². The molecule has 0 radical (unpaired) electrons. The van der Waals surface area contributed by atoms with E-state index in [0.717, 1.165) is 38.4 Å². The van der Waals surface area contributed by atoms with Gasteiger partial charge in [0.25, 0.3) is 0 Å². The number of nitrogens with two attached hydrogens (primary N) is 1. The third-order valence-electron chi connectivity index (χ3n) is 4.29. The molecule has 0 aromatic rings. The largest absolute Gasteiger partial charge is 0.343 e. The van der Waals surface area contributed by atoms with Crippen molar-refractivity contribution in [2.45, 2.75) is 58.8 Å². The fourth-order valence-corrected chi connectivity index (χ4v) is 2.78. The second kappa shape index (κ2) is 8.52. The molecule has 2 N–H and O–H groups in total. The topological polar surface area (TPSA) is 46.3 Å². The van der Waals surface area contributed by atoms with Gasteiger partial charge in [0.2, 0.25) is 5.91 Å². The van der Waals surface area contributed by atoms with E-state index >= 15 is 0 Å². The van der Waals surface area contributed by atoms with Crippen LogP contribution in [0, 0.1) is 11.8 Å². The molecule has 3 nitrogen and oxygen atoms in total. The average molecular weight is 254 g/mol. The van der Waals surface area contributed by atoms with Gasteiger partial charge in [-0.1, -0.05) is 20.3 Å². The highest BCUT2D eigenvalue weighted by Crippen LogP contribution is 2.21. The molecule has 2 atom stereocenters. The lowest BCUT2D eigenvalue weighted by atomic mass is 9.98. The van der Waals surface area contributed by atoms with Gasteiger partial charge in [-0.05, 0) is 50.5 Å². The van der Waals surface area contributed by atoms with Crippen LogP contribution < -0.4 is 5.73 Å². The minimum absolute atomic E-state index is 0.357. The van der Waals surface area contributed by atoms with E-state index in [-0.39, 0.29) is 0 Å². The van der Waals surface area contributed by atoms with Crippen LogP contribution in [0.2, 0.25) is 0 Å². The minimum Gasteiger partial charge on any atom is -0.343 e. The second-order valence-corrected chi connectivity index (χ2v) is 5.81. The minimum atomic E-state index is 0.357. The van der Waals surface area contributed by atoms with Gasteiger partial charge in [0.05, 0.1) is 0 Å². The predicted octanol–water partition coefficient (Wildman–Crippen LogP) is 2.79. The second-order valence-electron chi connectivity index (χ2n) is 5.81. The normalized spacial score (nSPS) is 22.6. The smallest absolute Gasteiger partial charge is 0.222 e. The lowest BCUT2D eigenvalue weighted by Crippen LogP contribution is -2.32. The Bertz CT molecular complexity index is 243. The van der Waals surface area contributed by atoms with Gasteiger partial charge >= 0.3 is 0 Å². The summed E-state index contributed by atoms with van der Waals surface area (Å²) in [5.74, 6) is 1.77. The van der Waals surface area contributed by atoms with Crippen molar-refractivity contribution >= 4 is 5.91 Å². The molecule has 0 aromatic heterocycles. The highest BCUT2D eigenvalue weighted by atomic mass is 16.2. The maximum atomic E-state index is 12.1. The maximum absolute atomic E-state index is 12.1. The van der Waals surface area contributed by atoms with Gasteiger partial charge in [-0.15, -0.1) is 0 Å². The Balaban J connectivity index is 2.28. The molecule has 1 rings (SSSR count). The monoisotopic (exact) mass is 254 g/mol. The lowest BCUT2D eigenvalue weighted by Gasteiger charge is -2.21. The zero-order valence-corrected chi connectivity index (χ0v) is 12.2. The number of hydrogen-bond acceptors (Lipinski definition) is 2. The molecule has 2 unspecified atom stereocenters. The molecule has 3 heteroatoms. The van der Waals surface area contributed by atoms with E-state index in [9.17, 15) is 4.79 Å². The van der Waals surface area contributed by atoms with E-state index in [1.54, 1.807) is 0 Å². The summed E-state index contributed by atoms with van der Waals surface area (Å²) in [6.07, 6.45) is 7.66. The van der Waals surface area contributed by atoms with Crippen LogP contribution in [0.5, 0.6) is 0 Å². The Hall–Kier alpha value is -0.570. The molecule has 0 aromatic carbocycles. The SMILES string of the molecule is CCC1CCCN(C(=O)CCC(C)CCN)CC1. The number of carbonyl (C=O) groups is 1. The number of amides is 1. The Labute approximate surface area is 112 Å². The summed E-state index contributed by atoms with van der Waals surface area (Å²) in [6, 6.07) is 0. The van der Waals surface area contributed by atoms with Crippen molar-refractivity contribution in [3.05, 3.63) is 0 Å². The summed E-state index contributed by atoms with van der Waals surface area (Å²) in [6.45, 7) is 7.13. The first kappa shape index (κ1) is 15.5. The van der Waals surface area contributed by atoms with E-state index in [1.807, 2.05) is 0 Å². The number of hydrogen-bond donors (Lipinski definition) is 1. The molecular formula is C15H30N2O. The summed E-state index contributed by atoms with van der Waals surface area (Å²) in [5, 5.41) is 0. The zero-order chi connectivity index (χ0) is 13.4. The molecule has 1 saturated heterocycles. The maximum Gasteiger partial charge on any atom is 0.222 e. The zero-order valence-electron chi connectivity index (χ0n) is 12.2. The molecule has 1 aliphatic rings. The Kier molecular flexibility index (Phi) is 7.33. The number of carbonyl (C=O) groups excluding carboxylic acids is 1. The third-order valence-corrected chi connectivity index (χ3v) is 4.29. The molecule has 1 fully saturated rings. The first-order valence-electron chi connectivity index (χ1n) is 7.65. The van der Waals surface area contributed by atoms with Gasteiger partial charge in [-0.3, -0.25) is 4.79 Å². The van der Waals surface area contributed by atoms with Crippen LogP contribution in [0.25, 0.3) is 0 Å². The Morgan fingerprint density at radius 2 is 2.11 bits per heavy atom. The summed E-state index contributed by atoms with van der Waals surface area (Å²) < 4.78 is 0. The van der Waals surface area contributed by atoms with Crippen LogP contribution in [-0.2, 0) is 4.79 Å². The summed E-state index contributed by atoms with van der Waals surface area (Å²) >= 11 is 0. The first-order valence-corrected chi connectivity index (χ1v) is 7.65. The summed E-state index contributed by atoms with van der Waals surface area (Å²) in [7, 11) is 0. The van der Waals surface area contributed by atoms with Crippen LogP contribution in [0.1, 0.15) is 58.8 Å². The van der Waals surface area contributed by atoms with Gasteiger partial charge in [-0.25, -0.2) is 0 Å². The van der Waals surface area contributed by atoms with Crippen LogP contribution in [-0.4, -0.2) is 30.4 Å². The van der Waals surface area contributed by atoms with Crippen LogP contribution in [0.4, 0.5) is 0 Å². The fourth-order valence-electron chi connectivity index (χ4n) is 2.78. The summed E-state index contributed by atoms with van der Waals surface area (Å²) in [5.41, 5.74) is 5.53. The van der Waals surface area contributed by atoms with E-state index in [0.29, 0.717) is 18.2 Å². The van der Waals surface area contributed by atoms with Crippen molar-refractivity contribution in [2.24, 2.45) is 17.6 Å². The Morgan fingerprint density at radius 3 is 2.78 bits per heavy atom. The van der Waals surface area contributed by atoms with E-state index in [4.69, 9.17) is 5.73 Å². The van der Waals surface area contributed by atoms with Crippen LogP contribution in [0.15, 0.2) is 0 Å². The predicted molar refractivity (Wildman–Crippen MR) is 76.3 cm³/mol. The standard InChI is InChI=1S/C15H30N2O/c1-3-14-5-4-11-17(12-9-14)15(18)7-6-13(2)8-10-16/h13-14H,3-12,16H2,1-2H3. The first-order chi connectivity index (χ1) is 8.67. The van der Waals surface area contributed by atoms with Crippen molar-refractivity contribution in [3.8, 4) is 0 Å². The molecular weight excluding hydrogens is 224 g/mol. The van der Waals surface area contributed by atoms with E-state index in [2.05, 4.69) is 18.7 Å². The Morgan fingerprint density at radius 1 is 1.33 bits per heavy atom. The van der Waals surface area contributed by atoms with Gasteiger partial charge in [0, 0.05) is 19.5 Å². The van der Waals surface area contributed by atoms with Gasteiger partial charge in [0.1, 0.15) is 0 Å². The number of nitrogens with zero attached hydrogens (tertiary/aromatic N) is 1. The fraction of sp³-hybridized carbons (Fsp3) is 0.933. The number of likely N-dealkylation sites (tertiary alicyclic amines) is 1. The van der Waals surface area contributed by atoms with E-state index in [1.165, 1.54) is 25.7 Å². The van der Waals surface area contributed by atoms with Crippen molar-refractivity contribution in [1.82, 2.24) is 4.90 Å². The molecule has 0 bridgehead atoms. The molecule has 106 valence electrons. The van der Waals surface area contributed by atoms with Gasteiger partial charge < -0.3 is 10.6 Å². The molecule has 18 heavy (non-hydrogen) atoms. The van der Waals surface area contributed by atoms with Crippen LogP contribution >= 0.6 is 0 Å². The van der Waals surface area contributed by atoms with Crippen molar-refractivity contribution in [3.63, 3.8) is 0 Å². The van der Waals surface area contributed by atoms with E-state index < -0.39 is 0 Å². The highest BCUT2D eigenvalue weighted by Gasteiger charge is 2.19. The molecule has 0 spiro atoms. The van der Waals surface area contributed by atoms with Gasteiger partial charge in [0.15, 0.2) is 0 Å². The van der Waals surface area contributed by atoms with Gasteiger partial charge in [-0.2, -0.15) is 0 Å². The van der Waals surface area contributed by atoms with Crippen LogP contribution in [0.3, 0.4) is 0 Å². The molecule has 0 aliphatic carbocycles. The summed E-state index contributed by atoms with van der Waals surface area (Å²) in [4.78, 5) is 14.2. The quantitative estimate of drug-likeness (QED) is 0.792. The van der Waals surface area contributed by atoms with Crippen molar-refractivity contribution in [1.29, 1.82) is 0 Å². The van der Waals surface area contributed by atoms with Crippen molar-refractivity contribution < 1.29 is 4.79 Å². The average Bonchev–Trinajstić information content (AvgIpc) is 2.61. The lowest BCUT2D eigenvalue weighted by molar-refractivity contribution is -0.131.